The average Bonchev–Trinajstić information content (AvgIpc) is 3.49. The van der Waals surface area contributed by atoms with Gasteiger partial charge in [-0.25, -0.2) is 4.79 Å². The summed E-state index contributed by atoms with van der Waals surface area (Å²) >= 11 is 0. The van der Waals surface area contributed by atoms with Crippen molar-refractivity contribution < 1.29 is 19.1 Å². The van der Waals surface area contributed by atoms with Crippen molar-refractivity contribution in [3.8, 4) is 16.9 Å². The van der Waals surface area contributed by atoms with Gasteiger partial charge in [0, 0.05) is 32.3 Å². The molecular formula is C38H44N4O4. The maximum Gasteiger partial charge on any atom is 0.410 e. The molecule has 1 atom stereocenters. The van der Waals surface area contributed by atoms with Gasteiger partial charge in [-0.05, 0) is 62.9 Å². The lowest BCUT2D eigenvalue weighted by Crippen LogP contribution is -2.57. The molecule has 1 aliphatic heterocycles. The molecule has 3 amide bonds. The van der Waals surface area contributed by atoms with Gasteiger partial charge in [0.2, 0.25) is 5.91 Å². The van der Waals surface area contributed by atoms with Crippen molar-refractivity contribution in [3.05, 3.63) is 108 Å². The van der Waals surface area contributed by atoms with Crippen molar-refractivity contribution in [2.24, 2.45) is 0 Å². The minimum absolute atomic E-state index is 0.0365. The number of rotatable bonds is 9. The zero-order valence-corrected chi connectivity index (χ0v) is 27.2. The van der Waals surface area contributed by atoms with Crippen LogP contribution in [0.2, 0.25) is 0 Å². The number of nitrogens with zero attached hydrogens (tertiary/aromatic N) is 3. The van der Waals surface area contributed by atoms with Crippen molar-refractivity contribution in [1.82, 2.24) is 14.4 Å². The first-order chi connectivity index (χ1) is 22.1. The van der Waals surface area contributed by atoms with Gasteiger partial charge in [-0.1, -0.05) is 86.1 Å². The normalized spacial score (nSPS) is 15.0. The highest BCUT2D eigenvalue weighted by Gasteiger charge is 2.36. The van der Waals surface area contributed by atoms with E-state index in [1.165, 1.54) is 0 Å². The van der Waals surface area contributed by atoms with Crippen molar-refractivity contribution in [2.75, 3.05) is 25.0 Å². The molecule has 3 aromatic carbocycles. The number of piperazine rings is 1. The Balaban J connectivity index is 1.52. The monoisotopic (exact) mass is 620 g/mol. The molecule has 0 saturated carbocycles. The molecule has 8 nitrogen and oxygen atoms in total. The van der Waals surface area contributed by atoms with Gasteiger partial charge >= 0.3 is 6.09 Å². The summed E-state index contributed by atoms with van der Waals surface area (Å²) in [7, 11) is 0. The van der Waals surface area contributed by atoms with E-state index >= 15 is 0 Å². The minimum Gasteiger partial charge on any atom is -0.444 e. The Morgan fingerprint density at radius 3 is 2.24 bits per heavy atom. The number of aromatic nitrogens is 1. The van der Waals surface area contributed by atoms with Gasteiger partial charge in [0.25, 0.3) is 5.91 Å². The predicted octanol–water partition coefficient (Wildman–Crippen LogP) is 7.58. The van der Waals surface area contributed by atoms with E-state index in [4.69, 9.17) is 4.74 Å². The third kappa shape index (κ3) is 7.86. The van der Waals surface area contributed by atoms with E-state index < -0.39 is 5.60 Å². The highest BCUT2D eigenvalue weighted by Crippen LogP contribution is 2.33. The van der Waals surface area contributed by atoms with Crippen molar-refractivity contribution >= 4 is 23.6 Å². The van der Waals surface area contributed by atoms with Gasteiger partial charge < -0.3 is 24.4 Å². The summed E-state index contributed by atoms with van der Waals surface area (Å²) in [5.74, 6) is -0.141. The summed E-state index contributed by atoms with van der Waals surface area (Å²) in [4.78, 5) is 44.1. The maximum atomic E-state index is 14.6. The van der Waals surface area contributed by atoms with E-state index in [2.05, 4.69) is 12.2 Å². The highest BCUT2D eigenvalue weighted by atomic mass is 16.6. The molecule has 5 rings (SSSR count). The number of amides is 3. The summed E-state index contributed by atoms with van der Waals surface area (Å²) in [6.07, 6.45) is 4.33. The maximum absolute atomic E-state index is 14.6. The largest absolute Gasteiger partial charge is 0.444 e. The number of ether oxygens (including phenoxy) is 1. The Hall–Kier alpha value is -4.85. The third-order valence-corrected chi connectivity index (χ3v) is 8.07. The second-order valence-corrected chi connectivity index (χ2v) is 12.8. The van der Waals surface area contributed by atoms with E-state index in [0.717, 1.165) is 35.3 Å². The van der Waals surface area contributed by atoms with Crippen molar-refractivity contribution in [2.45, 2.75) is 65.0 Å². The first kappa shape index (κ1) is 32.5. The van der Waals surface area contributed by atoms with Crippen LogP contribution in [0.1, 0.15) is 62.9 Å². The fourth-order valence-corrected chi connectivity index (χ4v) is 5.87. The van der Waals surface area contributed by atoms with Crippen LogP contribution in [0.15, 0.2) is 97.2 Å². The molecule has 1 aromatic heterocycles. The first-order valence-corrected chi connectivity index (χ1v) is 16.1. The van der Waals surface area contributed by atoms with Crippen LogP contribution in [-0.4, -0.2) is 63.6 Å². The summed E-state index contributed by atoms with van der Waals surface area (Å²) in [5.41, 5.74) is 4.12. The van der Waals surface area contributed by atoms with Gasteiger partial charge in [-0.2, -0.15) is 0 Å². The number of para-hydroxylation sites is 2. The van der Waals surface area contributed by atoms with E-state index in [1.54, 1.807) is 4.90 Å². The smallest absolute Gasteiger partial charge is 0.410 e. The number of carbonyl (C=O) groups excluding carboxylic acids is 3. The van der Waals surface area contributed by atoms with Gasteiger partial charge in [-0.3, -0.25) is 9.59 Å². The molecule has 1 aliphatic rings. The number of benzene rings is 3. The van der Waals surface area contributed by atoms with Gasteiger partial charge in [-0.15, -0.1) is 0 Å². The van der Waals surface area contributed by atoms with Crippen molar-refractivity contribution in [1.29, 1.82) is 0 Å². The zero-order chi connectivity index (χ0) is 32.7. The van der Waals surface area contributed by atoms with E-state index in [-0.39, 0.29) is 23.9 Å². The Labute approximate surface area is 272 Å². The second-order valence-electron chi connectivity index (χ2n) is 12.8. The third-order valence-electron chi connectivity index (χ3n) is 8.07. The van der Waals surface area contributed by atoms with Crippen LogP contribution >= 0.6 is 0 Å². The zero-order valence-electron chi connectivity index (χ0n) is 27.2. The topological polar surface area (TPSA) is 83.9 Å². The molecule has 0 aliphatic carbocycles. The molecule has 1 saturated heterocycles. The average molecular weight is 621 g/mol. The number of nitrogens with one attached hydrogen (secondary N) is 1. The van der Waals surface area contributed by atoms with Gasteiger partial charge in [0.05, 0.1) is 28.7 Å². The second kappa shape index (κ2) is 14.5. The number of unbranched alkanes of at least 4 members (excludes halogenated alkanes) is 1. The lowest BCUT2D eigenvalue weighted by atomic mass is 10.00. The number of hydrogen-bond acceptors (Lipinski definition) is 4. The van der Waals surface area contributed by atoms with Gasteiger partial charge in [0.1, 0.15) is 5.60 Å². The standard InChI is InChI=1S/C38H44N4O4/c1-5-6-21-34(43)39-32-19-13-14-20-33(32)42-23-22-31(35(42)29-17-11-8-12-18-29)36(44)41-25-24-40(37(45)46-38(2,3)4)27-30(41)26-28-15-9-7-10-16-28/h7-20,22-23,30H,5-6,21,24-27H2,1-4H3,(H,39,43). The molecule has 2 heterocycles. The van der Waals surface area contributed by atoms with Crippen LogP contribution in [0.3, 0.4) is 0 Å². The van der Waals surface area contributed by atoms with E-state index in [1.807, 2.05) is 127 Å². The lowest BCUT2D eigenvalue weighted by molar-refractivity contribution is -0.116. The molecule has 8 heteroatoms. The van der Waals surface area contributed by atoms with Crippen LogP contribution < -0.4 is 5.32 Å². The number of anilines is 1. The van der Waals surface area contributed by atoms with Gasteiger partial charge in [0.15, 0.2) is 0 Å². The molecule has 1 fully saturated rings. The quantitative estimate of drug-likeness (QED) is 0.209. The van der Waals surface area contributed by atoms with Crippen LogP contribution in [0, 0.1) is 0 Å². The summed E-state index contributed by atoms with van der Waals surface area (Å²) in [6.45, 7) is 8.75. The van der Waals surface area contributed by atoms with Crippen molar-refractivity contribution in [3.63, 3.8) is 0 Å². The Morgan fingerprint density at radius 2 is 1.54 bits per heavy atom. The van der Waals surface area contributed by atoms with Crippen LogP contribution in [0.4, 0.5) is 10.5 Å². The molecule has 0 radical (unpaired) electrons. The molecule has 1 N–H and O–H groups in total. The van der Waals surface area contributed by atoms with Crippen LogP contribution in [0.5, 0.6) is 0 Å². The lowest BCUT2D eigenvalue weighted by Gasteiger charge is -2.42. The summed E-state index contributed by atoms with van der Waals surface area (Å²) in [6, 6.07) is 29.2. The molecule has 46 heavy (non-hydrogen) atoms. The summed E-state index contributed by atoms with van der Waals surface area (Å²) < 4.78 is 7.68. The Kier molecular flexibility index (Phi) is 10.3. The molecular weight excluding hydrogens is 576 g/mol. The van der Waals surface area contributed by atoms with Crippen LogP contribution in [-0.2, 0) is 16.0 Å². The number of carbonyl (C=O) groups is 3. The summed E-state index contributed by atoms with van der Waals surface area (Å²) in [5, 5.41) is 3.09. The van der Waals surface area contributed by atoms with E-state index in [9.17, 15) is 14.4 Å². The fraction of sp³-hybridized carbons (Fsp3) is 0.342. The molecule has 240 valence electrons. The molecule has 0 bridgehead atoms. The molecule has 0 spiro atoms. The fourth-order valence-electron chi connectivity index (χ4n) is 5.87. The first-order valence-electron chi connectivity index (χ1n) is 16.1. The highest BCUT2D eigenvalue weighted by molar-refractivity contribution is 6.01. The predicted molar refractivity (Wildman–Crippen MR) is 182 cm³/mol. The molecule has 4 aromatic rings. The van der Waals surface area contributed by atoms with Crippen LogP contribution in [0.25, 0.3) is 16.9 Å². The minimum atomic E-state index is -0.613. The Morgan fingerprint density at radius 1 is 0.870 bits per heavy atom. The van der Waals surface area contributed by atoms with E-state index in [0.29, 0.717) is 43.7 Å². The molecule has 1 unspecified atom stereocenters. The Bertz CT molecular complexity index is 1640. The number of hydrogen-bond donors (Lipinski definition) is 1. The SMILES string of the molecule is CCCCC(=O)Nc1ccccc1-n1ccc(C(=O)N2CCN(C(=O)OC(C)(C)C)CC2Cc2ccccc2)c1-c1ccccc1.